The highest BCUT2D eigenvalue weighted by molar-refractivity contribution is 5.85. The standard InChI is InChI=1S/C15H23NO.ClH/c1-6-15(12(2)11-16(3)4)13-8-7-9-14(10-13)17-5;/h6-10,12H,11H2,1-5H3;1H/b15-6+;/t12-;/m0./s1. The Kier molecular flexibility index (Phi) is 7.72. The van der Waals surface area contributed by atoms with Gasteiger partial charge in [0.25, 0.3) is 0 Å². The molecule has 2 nitrogen and oxygen atoms in total. The third-order valence-corrected chi connectivity index (χ3v) is 2.88. The fourth-order valence-electron chi connectivity index (χ4n) is 2.18. The molecule has 0 heterocycles. The van der Waals surface area contributed by atoms with Crippen LogP contribution in [0.1, 0.15) is 19.4 Å². The monoisotopic (exact) mass is 269 g/mol. The lowest BCUT2D eigenvalue weighted by atomic mass is 9.93. The van der Waals surface area contributed by atoms with Crippen LogP contribution in [-0.2, 0) is 0 Å². The lowest BCUT2D eigenvalue weighted by Gasteiger charge is -2.20. The fourth-order valence-corrected chi connectivity index (χ4v) is 2.18. The van der Waals surface area contributed by atoms with Gasteiger partial charge in [-0.25, -0.2) is 0 Å². The van der Waals surface area contributed by atoms with Crippen molar-refractivity contribution in [1.82, 2.24) is 4.90 Å². The molecule has 0 aliphatic heterocycles. The van der Waals surface area contributed by atoms with Crippen molar-refractivity contribution in [2.75, 3.05) is 27.7 Å². The van der Waals surface area contributed by atoms with Gasteiger partial charge in [-0.1, -0.05) is 25.1 Å². The molecule has 0 saturated carbocycles. The number of rotatable bonds is 5. The minimum absolute atomic E-state index is 0. The van der Waals surface area contributed by atoms with Gasteiger partial charge in [-0.2, -0.15) is 0 Å². The van der Waals surface area contributed by atoms with E-state index in [4.69, 9.17) is 4.74 Å². The summed E-state index contributed by atoms with van der Waals surface area (Å²) in [5.74, 6) is 1.43. The van der Waals surface area contributed by atoms with Gasteiger partial charge in [0.15, 0.2) is 0 Å². The van der Waals surface area contributed by atoms with Crippen LogP contribution in [0.2, 0.25) is 0 Å². The second-order valence-electron chi connectivity index (χ2n) is 4.64. The second kappa shape index (κ2) is 8.17. The van der Waals surface area contributed by atoms with Gasteiger partial charge in [0.1, 0.15) is 5.75 Å². The number of benzene rings is 1. The van der Waals surface area contributed by atoms with Crippen molar-refractivity contribution < 1.29 is 4.74 Å². The van der Waals surface area contributed by atoms with E-state index in [-0.39, 0.29) is 12.4 Å². The molecule has 1 aromatic rings. The van der Waals surface area contributed by atoms with Crippen LogP contribution in [0.25, 0.3) is 5.57 Å². The highest BCUT2D eigenvalue weighted by Gasteiger charge is 2.11. The Labute approximate surface area is 117 Å². The van der Waals surface area contributed by atoms with E-state index < -0.39 is 0 Å². The zero-order chi connectivity index (χ0) is 12.8. The van der Waals surface area contributed by atoms with E-state index in [2.05, 4.69) is 51.1 Å². The molecule has 0 bridgehead atoms. The molecule has 0 N–H and O–H groups in total. The number of nitrogens with zero attached hydrogens (tertiary/aromatic N) is 1. The molecule has 1 rings (SSSR count). The first-order chi connectivity index (χ1) is 8.08. The van der Waals surface area contributed by atoms with Crippen LogP contribution in [0.3, 0.4) is 0 Å². The van der Waals surface area contributed by atoms with Crippen LogP contribution < -0.4 is 4.74 Å². The van der Waals surface area contributed by atoms with Crippen LogP contribution in [0, 0.1) is 5.92 Å². The maximum absolute atomic E-state index is 5.27. The molecule has 3 heteroatoms. The summed E-state index contributed by atoms with van der Waals surface area (Å²) in [7, 11) is 5.92. The fraction of sp³-hybridized carbons (Fsp3) is 0.467. The summed E-state index contributed by atoms with van der Waals surface area (Å²) >= 11 is 0. The third-order valence-electron chi connectivity index (χ3n) is 2.88. The lowest BCUT2D eigenvalue weighted by molar-refractivity contribution is 0.375. The minimum atomic E-state index is 0. The van der Waals surface area contributed by atoms with Crippen molar-refractivity contribution in [3.63, 3.8) is 0 Å². The summed E-state index contributed by atoms with van der Waals surface area (Å²) in [5, 5.41) is 0. The first kappa shape index (κ1) is 17.0. The van der Waals surface area contributed by atoms with Crippen molar-refractivity contribution in [2.24, 2.45) is 5.92 Å². The highest BCUT2D eigenvalue weighted by Crippen LogP contribution is 2.26. The average molecular weight is 270 g/mol. The minimum Gasteiger partial charge on any atom is -0.497 e. The maximum atomic E-state index is 5.27. The molecule has 1 atom stereocenters. The first-order valence-electron chi connectivity index (χ1n) is 6.03. The Morgan fingerprint density at radius 2 is 2.06 bits per heavy atom. The molecule has 0 aromatic heterocycles. The summed E-state index contributed by atoms with van der Waals surface area (Å²) < 4.78 is 5.27. The van der Waals surface area contributed by atoms with Gasteiger partial charge in [-0.3, -0.25) is 0 Å². The number of methoxy groups -OCH3 is 1. The quantitative estimate of drug-likeness (QED) is 0.808. The Bertz CT molecular complexity index is 388. The Morgan fingerprint density at radius 3 is 2.56 bits per heavy atom. The maximum Gasteiger partial charge on any atom is 0.119 e. The van der Waals surface area contributed by atoms with Crippen LogP contribution in [-0.4, -0.2) is 32.6 Å². The summed E-state index contributed by atoms with van der Waals surface area (Å²) in [4.78, 5) is 2.22. The molecule has 0 fully saturated rings. The van der Waals surface area contributed by atoms with Gasteiger partial charge in [-0.05, 0) is 50.2 Å². The van der Waals surface area contributed by atoms with Crippen LogP contribution in [0.15, 0.2) is 30.3 Å². The predicted octanol–water partition coefficient (Wildman–Crippen LogP) is 3.72. The largest absolute Gasteiger partial charge is 0.497 e. The predicted molar refractivity (Wildman–Crippen MR) is 81.6 cm³/mol. The normalized spacial score (nSPS) is 13.1. The SMILES string of the molecule is C/C=C(/c1cccc(OC)c1)[C@@H](C)CN(C)C.Cl. The number of ether oxygens (including phenoxy) is 1. The molecule has 0 aliphatic carbocycles. The van der Waals surface area contributed by atoms with Gasteiger partial charge in [-0.15, -0.1) is 12.4 Å². The molecule has 0 unspecified atom stereocenters. The molecular weight excluding hydrogens is 246 g/mol. The lowest BCUT2D eigenvalue weighted by Crippen LogP contribution is -2.20. The van der Waals surface area contributed by atoms with E-state index in [1.807, 2.05) is 12.1 Å². The van der Waals surface area contributed by atoms with Gasteiger partial charge in [0, 0.05) is 6.54 Å². The highest BCUT2D eigenvalue weighted by atomic mass is 35.5. The smallest absolute Gasteiger partial charge is 0.119 e. The van der Waals surface area contributed by atoms with Gasteiger partial charge in [0.05, 0.1) is 7.11 Å². The zero-order valence-electron chi connectivity index (χ0n) is 11.9. The Hall–Kier alpha value is -0.990. The first-order valence-corrected chi connectivity index (χ1v) is 6.03. The van der Waals surface area contributed by atoms with Crippen molar-refractivity contribution >= 4 is 18.0 Å². The van der Waals surface area contributed by atoms with Crippen molar-refractivity contribution in [3.8, 4) is 5.75 Å². The number of hydrogen-bond acceptors (Lipinski definition) is 2. The summed E-state index contributed by atoms with van der Waals surface area (Å²) in [6, 6.07) is 8.26. The zero-order valence-corrected chi connectivity index (χ0v) is 12.8. The molecule has 0 saturated heterocycles. The summed E-state index contributed by atoms with van der Waals surface area (Å²) in [5.41, 5.74) is 2.62. The van der Waals surface area contributed by atoms with Crippen LogP contribution in [0.5, 0.6) is 5.75 Å². The summed E-state index contributed by atoms with van der Waals surface area (Å²) in [6.07, 6.45) is 2.20. The van der Waals surface area contributed by atoms with Crippen molar-refractivity contribution in [2.45, 2.75) is 13.8 Å². The van der Waals surface area contributed by atoms with E-state index >= 15 is 0 Å². The Morgan fingerprint density at radius 1 is 1.39 bits per heavy atom. The van der Waals surface area contributed by atoms with Crippen molar-refractivity contribution in [1.29, 1.82) is 0 Å². The number of halogens is 1. The van der Waals surface area contributed by atoms with Gasteiger partial charge < -0.3 is 9.64 Å². The van der Waals surface area contributed by atoms with Crippen LogP contribution >= 0.6 is 12.4 Å². The average Bonchev–Trinajstić information content (AvgIpc) is 2.29. The van der Waals surface area contributed by atoms with Crippen molar-refractivity contribution in [3.05, 3.63) is 35.9 Å². The topological polar surface area (TPSA) is 12.5 Å². The number of allylic oxidation sites excluding steroid dienone is 1. The molecule has 0 aliphatic rings. The molecule has 0 radical (unpaired) electrons. The molecular formula is C15H24ClNO. The van der Waals surface area contributed by atoms with Gasteiger partial charge in [0.2, 0.25) is 0 Å². The van der Waals surface area contributed by atoms with E-state index in [0.717, 1.165) is 12.3 Å². The molecule has 0 amide bonds. The Balaban J connectivity index is 0.00000289. The molecule has 0 spiro atoms. The van der Waals surface area contributed by atoms with Crippen LogP contribution in [0.4, 0.5) is 0 Å². The third kappa shape index (κ3) is 4.71. The number of hydrogen-bond donors (Lipinski definition) is 0. The molecule has 102 valence electrons. The second-order valence-corrected chi connectivity index (χ2v) is 4.64. The molecule has 18 heavy (non-hydrogen) atoms. The van der Waals surface area contributed by atoms with Gasteiger partial charge >= 0.3 is 0 Å². The summed E-state index contributed by atoms with van der Waals surface area (Å²) in [6.45, 7) is 5.41. The van der Waals surface area contributed by atoms with E-state index in [0.29, 0.717) is 5.92 Å². The van der Waals surface area contributed by atoms with E-state index in [9.17, 15) is 0 Å². The molecule has 1 aromatic carbocycles. The van der Waals surface area contributed by atoms with E-state index in [1.165, 1.54) is 11.1 Å². The van der Waals surface area contributed by atoms with E-state index in [1.54, 1.807) is 7.11 Å².